The SMILES string of the molecule is Cc1ncn([C@@H]2S[C@H](CO)[C@@H](O)[C@@H]2F)c(=O)n1. The number of aliphatic hydroxyl groups excluding tert-OH is 2. The minimum absolute atomic E-state index is 0.309. The number of aryl methyl sites for hydroxylation is 1. The van der Waals surface area contributed by atoms with Gasteiger partial charge in [0.2, 0.25) is 0 Å². The number of alkyl halides is 1. The van der Waals surface area contributed by atoms with E-state index in [0.717, 1.165) is 16.3 Å². The molecule has 0 bridgehead atoms. The quantitative estimate of drug-likeness (QED) is 0.728. The fourth-order valence-corrected chi connectivity index (χ4v) is 3.02. The molecule has 0 saturated carbocycles. The third-order valence-corrected chi connectivity index (χ3v) is 4.14. The molecule has 1 saturated heterocycles. The van der Waals surface area contributed by atoms with E-state index in [-0.39, 0.29) is 6.61 Å². The van der Waals surface area contributed by atoms with Crippen LogP contribution in [0.15, 0.2) is 11.1 Å². The zero-order valence-corrected chi connectivity index (χ0v) is 9.84. The maximum absolute atomic E-state index is 13.8. The summed E-state index contributed by atoms with van der Waals surface area (Å²) in [6.07, 6.45) is -1.70. The van der Waals surface area contributed by atoms with E-state index in [4.69, 9.17) is 5.11 Å². The number of hydrogen-bond acceptors (Lipinski definition) is 6. The second kappa shape index (κ2) is 4.71. The standard InChI is InChI=1S/C9H12FN3O3S/c1-4-11-3-13(9(16)12-4)8-6(10)7(15)5(2-14)17-8/h3,5-8,14-15H,2H2,1H3/t5-,6+,7-,8-/m1/s1. The van der Waals surface area contributed by atoms with Gasteiger partial charge in [-0.05, 0) is 6.92 Å². The van der Waals surface area contributed by atoms with Crippen molar-refractivity contribution < 1.29 is 14.6 Å². The summed E-state index contributed by atoms with van der Waals surface area (Å²) in [5.41, 5.74) is -0.608. The van der Waals surface area contributed by atoms with Gasteiger partial charge in [-0.1, -0.05) is 0 Å². The van der Waals surface area contributed by atoms with Gasteiger partial charge in [-0.2, -0.15) is 4.98 Å². The smallest absolute Gasteiger partial charge is 0.351 e. The molecule has 0 aliphatic carbocycles. The van der Waals surface area contributed by atoms with Crippen LogP contribution in [0.25, 0.3) is 0 Å². The summed E-state index contributed by atoms with van der Waals surface area (Å²) >= 11 is 1.01. The van der Waals surface area contributed by atoms with Crippen molar-refractivity contribution in [2.75, 3.05) is 6.61 Å². The fraction of sp³-hybridized carbons (Fsp3) is 0.667. The summed E-state index contributed by atoms with van der Waals surface area (Å²) in [7, 11) is 0. The molecular formula is C9H12FN3O3S. The molecule has 0 amide bonds. The van der Waals surface area contributed by atoms with Crippen molar-refractivity contribution in [2.45, 2.75) is 29.8 Å². The van der Waals surface area contributed by atoms with Crippen LogP contribution >= 0.6 is 11.8 Å². The summed E-state index contributed by atoms with van der Waals surface area (Å²) in [6.45, 7) is 1.22. The molecule has 1 aliphatic rings. The number of hydrogen-bond donors (Lipinski definition) is 2. The van der Waals surface area contributed by atoms with Crippen molar-refractivity contribution >= 4 is 11.8 Å². The number of halogens is 1. The molecule has 0 radical (unpaired) electrons. The van der Waals surface area contributed by atoms with Crippen LogP contribution in [0.1, 0.15) is 11.2 Å². The van der Waals surface area contributed by atoms with Crippen molar-refractivity contribution in [1.29, 1.82) is 0 Å². The molecule has 1 aliphatic heterocycles. The first kappa shape index (κ1) is 12.5. The van der Waals surface area contributed by atoms with Gasteiger partial charge in [0, 0.05) is 0 Å². The predicted octanol–water partition coefficient (Wildman–Crippen LogP) is -0.748. The lowest BCUT2D eigenvalue weighted by Gasteiger charge is -2.14. The molecule has 0 spiro atoms. The zero-order valence-electron chi connectivity index (χ0n) is 9.02. The number of aromatic nitrogens is 3. The largest absolute Gasteiger partial charge is 0.395 e. The third kappa shape index (κ3) is 2.20. The molecule has 1 fully saturated rings. The molecule has 2 rings (SSSR count). The van der Waals surface area contributed by atoms with E-state index in [2.05, 4.69) is 9.97 Å². The summed E-state index contributed by atoms with van der Waals surface area (Å²) in [4.78, 5) is 19.0. The lowest BCUT2D eigenvalue weighted by molar-refractivity contribution is 0.0629. The van der Waals surface area contributed by atoms with Gasteiger partial charge in [0.1, 0.15) is 23.6 Å². The molecule has 2 heterocycles. The Morgan fingerprint density at radius 2 is 2.35 bits per heavy atom. The minimum atomic E-state index is -1.62. The van der Waals surface area contributed by atoms with Crippen molar-refractivity contribution in [3.8, 4) is 0 Å². The van der Waals surface area contributed by atoms with Gasteiger partial charge in [-0.25, -0.2) is 14.2 Å². The van der Waals surface area contributed by atoms with Crippen LogP contribution in [0.5, 0.6) is 0 Å². The van der Waals surface area contributed by atoms with Crippen LogP contribution in [0.3, 0.4) is 0 Å². The Labute approximate surface area is 101 Å². The maximum Gasteiger partial charge on any atom is 0.351 e. The first-order valence-corrected chi connectivity index (χ1v) is 5.99. The van der Waals surface area contributed by atoms with Crippen LogP contribution in [-0.2, 0) is 0 Å². The topological polar surface area (TPSA) is 88.2 Å². The number of aliphatic hydroxyl groups is 2. The van der Waals surface area contributed by atoms with E-state index in [1.807, 2.05) is 0 Å². The van der Waals surface area contributed by atoms with Crippen molar-refractivity contribution in [3.05, 3.63) is 22.6 Å². The van der Waals surface area contributed by atoms with Crippen LogP contribution in [0.4, 0.5) is 4.39 Å². The van der Waals surface area contributed by atoms with Crippen molar-refractivity contribution in [1.82, 2.24) is 14.5 Å². The van der Waals surface area contributed by atoms with E-state index in [1.165, 1.54) is 6.33 Å². The number of rotatable bonds is 2. The molecule has 8 heteroatoms. The average Bonchev–Trinajstić information content (AvgIpc) is 2.57. The normalized spacial score (nSPS) is 32.9. The average molecular weight is 261 g/mol. The fourth-order valence-electron chi connectivity index (χ4n) is 1.67. The molecule has 2 N–H and O–H groups in total. The van der Waals surface area contributed by atoms with E-state index < -0.39 is 28.6 Å². The summed E-state index contributed by atoms with van der Waals surface area (Å²) in [5.74, 6) is 0.309. The van der Waals surface area contributed by atoms with Gasteiger partial charge < -0.3 is 10.2 Å². The minimum Gasteiger partial charge on any atom is -0.395 e. The van der Waals surface area contributed by atoms with Crippen LogP contribution in [-0.4, -0.2) is 48.9 Å². The Morgan fingerprint density at radius 3 is 2.88 bits per heavy atom. The van der Waals surface area contributed by atoms with Gasteiger partial charge in [0.15, 0.2) is 6.17 Å². The summed E-state index contributed by atoms with van der Waals surface area (Å²) in [6, 6.07) is 0. The highest BCUT2D eigenvalue weighted by atomic mass is 32.2. The highest BCUT2D eigenvalue weighted by Gasteiger charge is 2.44. The van der Waals surface area contributed by atoms with Crippen LogP contribution < -0.4 is 5.69 Å². The third-order valence-electron chi connectivity index (χ3n) is 2.60. The Morgan fingerprint density at radius 1 is 1.65 bits per heavy atom. The van der Waals surface area contributed by atoms with Gasteiger partial charge in [0.05, 0.1) is 11.9 Å². The predicted molar refractivity (Wildman–Crippen MR) is 59.4 cm³/mol. The molecular weight excluding hydrogens is 249 g/mol. The maximum atomic E-state index is 13.8. The Bertz CT molecular complexity index is 469. The Hall–Kier alpha value is -0.990. The molecule has 0 aromatic carbocycles. The van der Waals surface area contributed by atoms with E-state index in [9.17, 15) is 14.3 Å². The summed E-state index contributed by atoms with van der Waals surface area (Å²) in [5, 5.41) is 17.0. The van der Waals surface area contributed by atoms with Crippen molar-refractivity contribution in [2.24, 2.45) is 0 Å². The number of thioether (sulfide) groups is 1. The molecule has 1 aromatic heterocycles. The monoisotopic (exact) mass is 261 g/mol. The molecule has 6 nitrogen and oxygen atoms in total. The number of nitrogens with zero attached hydrogens (tertiary/aromatic N) is 3. The second-order valence-electron chi connectivity index (χ2n) is 3.78. The lowest BCUT2D eigenvalue weighted by Crippen LogP contribution is -2.33. The van der Waals surface area contributed by atoms with Gasteiger partial charge in [-0.15, -0.1) is 11.8 Å². The highest BCUT2D eigenvalue weighted by molar-refractivity contribution is 8.00. The van der Waals surface area contributed by atoms with Crippen molar-refractivity contribution in [3.63, 3.8) is 0 Å². The molecule has 17 heavy (non-hydrogen) atoms. The van der Waals surface area contributed by atoms with Gasteiger partial charge in [0.25, 0.3) is 0 Å². The summed E-state index contributed by atoms with van der Waals surface area (Å²) < 4.78 is 14.8. The molecule has 94 valence electrons. The van der Waals surface area contributed by atoms with Crippen LogP contribution in [0, 0.1) is 6.92 Å². The highest BCUT2D eigenvalue weighted by Crippen LogP contribution is 2.42. The second-order valence-corrected chi connectivity index (χ2v) is 5.14. The molecule has 0 unspecified atom stereocenters. The Kier molecular flexibility index (Phi) is 3.45. The molecule has 1 aromatic rings. The lowest BCUT2D eigenvalue weighted by atomic mass is 10.1. The molecule has 4 atom stereocenters. The van der Waals surface area contributed by atoms with E-state index >= 15 is 0 Å². The first-order chi connectivity index (χ1) is 8.04. The van der Waals surface area contributed by atoms with Gasteiger partial charge in [-0.3, -0.25) is 4.57 Å². The Balaban J connectivity index is 2.32. The first-order valence-electron chi connectivity index (χ1n) is 5.05. The zero-order chi connectivity index (χ0) is 12.6. The van der Waals surface area contributed by atoms with E-state index in [0.29, 0.717) is 5.82 Å². The van der Waals surface area contributed by atoms with E-state index in [1.54, 1.807) is 6.92 Å². The van der Waals surface area contributed by atoms with Gasteiger partial charge >= 0.3 is 5.69 Å². The van der Waals surface area contributed by atoms with Crippen LogP contribution in [0.2, 0.25) is 0 Å².